The fraction of sp³-hybridized carbons (Fsp3) is 0.0154. The highest BCUT2D eigenvalue weighted by Gasteiger charge is 2.52. The second-order valence-electron chi connectivity index (χ2n) is 18.3. The zero-order valence-electron chi connectivity index (χ0n) is 36.9. The quantitative estimate of drug-likeness (QED) is 0.167. The van der Waals surface area contributed by atoms with Crippen LogP contribution >= 0.6 is 11.3 Å². The van der Waals surface area contributed by atoms with Crippen LogP contribution in [0.4, 0.5) is 17.1 Å². The summed E-state index contributed by atoms with van der Waals surface area (Å²) in [6.45, 7) is 0. The van der Waals surface area contributed by atoms with Crippen molar-refractivity contribution in [3.8, 4) is 39.1 Å². The van der Waals surface area contributed by atoms with Gasteiger partial charge in [0.2, 0.25) is 0 Å². The Morgan fingerprint density at radius 1 is 0.368 bits per heavy atom. The molecule has 2 aliphatic carbocycles. The second-order valence-corrected chi connectivity index (χ2v) is 19.4. The molecule has 316 valence electrons. The summed E-state index contributed by atoms with van der Waals surface area (Å²) in [4.78, 5) is 2.51. The largest absolute Gasteiger partial charge is 0.310 e. The highest BCUT2D eigenvalue weighted by atomic mass is 32.1. The van der Waals surface area contributed by atoms with E-state index in [0.717, 1.165) is 17.1 Å². The molecule has 1 spiro atoms. The Morgan fingerprint density at radius 2 is 0.956 bits per heavy atom. The minimum Gasteiger partial charge on any atom is -0.310 e. The van der Waals surface area contributed by atoms with E-state index in [1.807, 2.05) is 11.3 Å². The minimum atomic E-state index is -0.437. The van der Waals surface area contributed by atoms with Crippen molar-refractivity contribution in [2.45, 2.75) is 5.41 Å². The van der Waals surface area contributed by atoms with Crippen LogP contribution in [0.5, 0.6) is 0 Å². The van der Waals surface area contributed by atoms with E-state index >= 15 is 0 Å². The fourth-order valence-corrected chi connectivity index (χ4v) is 13.3. The van der Waals surface area contributed by atoms with Gasteiger partial charge >= 0.3 is 0 Å². The third-order valence-corrected chi connectivity index (χ3v) is 16.1. The molecule has 2 aliphatic rings. The van der Waals surface area contributed by atoms with Crippen LogP contribution in [0.1, 0.15) is 22.3 Å². The zero-order chi connectivity index (χ0) is 44.5. The van der Waals surface area contributed by atoms with Gasteiger partial charge in [-0.05, 0) is 110 Å². The minimum absolute atomic E-state index is 0.437. The predicted octanol–water partition coefficient (Wildman–Crippen LogP) is 17.8. The third-order valence-electron chi connectivity index (χ3n) is 15.0. The smallest absolute Gasteiger partial charge is 0.0726 e. The van der Waals surface area contributed by atoms with E-state index < -0.39 is 5.41 Å². The standard InChI is InChI=1S/C65H40N2S/c1-2-16-44(17-3-1)67-60-39-43(32-36-50(60)53-37-31-42-15-4-5-18-47(42)64(53)67)41-29-33-45(34-30-41)66(46-35-38-52-51-21-9-13-28-61(51)68-62(52)40-46)59-27-14-26-58-63(59)54-22-8-12-25-57(54)65(58)55-23-10-6-19-48(55)49-20-7-11-24-56(49)65/h1-40H. The van der Waals surface area contributed by atoms with Gasteiger partial charge in [0.1, 0.15) is 0 Å². The molecule has 0 amide bonds. The van der Waals surface area contributed by atoms with E-state index in [0.29, 0.717) is 0 Å². The van der Waals surface area contributed by atoms with Crippen LogP contribution in [0.3, 0.4) is 0 Å². The Morgan fingerprint density at radius 3 is 1.75 bits per heavy atom. The highest BCUT2D eigenvalue weighted by molar-refractivity contribution is 7.25. The third kappa shape index (κ3) is 5.11. The zero-order valence-corrected chi connectivity index (χ0v) is 37.7. The second kappa shape index (κ2) is 14.3. The molecule has 11 aromatic carbocycles. The summed E-state index contributed by atoms with van der Waals surface area (Å²) in [5.41, 5.74) is 19.5. The fourth-order valence-electron chi connectivity index (χ4n) is 12.2. The molecule has 0 unspecified atom stereocenters. The van der Waals surface area contributed by atoms with Crippen molar-refractivity contribution in [1.29, 1.82) is 0 Å². The van der Waals surface area contributed by atoms with Gasteiger partial charge in [0.05, 0.1) is 22.1 Å². The van der Waals surface area contributed by atoms with Crippen LogP contribution in [0.25, 0.3) is 91.8 Å². The Labute approximate surface area is 397 Å². The number of thiophene rings is 1. The van der Waals surface area contributed by atoms with Gasteiger partial charge in [-0.15, -0.1) is 11.3 Å². The Hall–Kier alpha value is -8.50. The molecule has 0 fully saturated rings. The maximum Gasteiger partial charge on any atom is 0.0726 e. The average molecular weight is 881 g/mol. The molecule has 0 aliphatic heterocycles. The van der Waals surface area contributed by atoms with Crippen LogP contribution in [0, 0.1) is 0 Å². The number of hydrogen-bond acceptors (Lipinski definition) is 2. The lowest BCUT2D eigenvalue weighted by atomic mass is 9.70. The summed E-state index contributed by atoms with van der Waals surface area (Å²) in [6.07, 6.45) is 0. The van der Waals surface area contributed by atoms with Crippen molar-refractivity contribution in [1.82, 2.24) is 4.57 Å². The molecule has 0 N–H and O–H groups in total. The number of fused-ring (bicyclic) bond motifs is 18. The lowest BCUT2D eigenvalue weighted by molar-refractivity contribution is 0.794. The maximum atomic E-state index is 2.51. The van der Waals surface area contributed by atoms with Crippen LogP contribution in [0.15, 0.2) is 243 Å². The molecule has 68 heavy (non-hydrogen) atoms. The topological polar surface area (TPSA) is 8.17 Å². The van der Waals surface area contributed by atoms with E-state index in [4.69, 9.17) is 0 Å². The van der Waals surface area contributed by atoms with E-state index in [2.05, 4.69) is 252 Å². The number of aromatic nitrogens is 1. The first-order chi connectivity index (χ1) is 33.7. The van der Waals surface area contributed by atoms with Gasteiger partial charge in [-0.3, -0.25) is 0 Å². The summed E-state index contributed by atoms with van der Waals surface area (Å²) < 4.78 is 5.05. The van der Waals surface area contributed by atoms with Crippen LogP contribution < -0.4 is 4.90 Å². The molecule has 3 heteroatoms. The average Bonchev–Trinajstić information content (AvgIpc) is 4.13. The van der Waals surface area contributed by atoms with Gasteiger partial charge in [-0.25, -0.2) is 0 Å². The van der Waals surface area contributed by atoms with Gasteiger partial charge in [-0.2, -0.15) is 0 Å². The normalized spacial score (nSPS) is 13.1. The first-order valence-electron chi connectivity index (χ1n) is 23.5. The molecule has 0 bridgehead atoms. The Balaban J connectivity index is 0.940. The van der Waals surface area contributed by atoms with E-state index in [-0.39, 0.29) is 0 Å². The molecule has 13 aromatic rings. The summed E-state index contributed by atoms with van der Waals surface area (Å²) in [5, 5.41) is 7.61. The molecular formula is C65H40N2S. The van der Waals surface area contributed by atoms with Gasteiger partial charge < -0.3 is 9.47 Å². The van der Waals surface area contributed by atoms with Crippen LogP contribution in [-0.2, 0) is 5.41 Å². The first-order valence-corrected chi connectivity index (χ1v) is 24.3. The number of anilines is 3. The Kier molecular flexibility index (Phi) is 7.90. The summed E-state index contributed by atoms with van der Waals surface area (Å²) in [5.74, 6) is 0. The maximum absolute atomic E-state index is 2.51. The van der Waals surface area contributed by atoms with Crippen LogP contribution in [0.2, 0.25) is 0 Å². The molecule has 0 saturated carbocycles. The van der Waals surface area contributed by atoms with Gasteiger partial charge in [-0.1, -0.05) is 188 Å². The Bertz CT molecular complexity index is 4170. The lowest BCUT2D eigenvalue weighted by Crippen LogP contribution is -2.26. The highest BCUT2D eigenvalue weighted by Crippen LogP contribution is 2.64. The van der Waals surface area contributed by atoms with Crippen molar-refractivity contribution in [2.75, 3.05) is 4.90 Å². The molecule has 0 atom stereocenters. The summed E-state index contributed by atoms with van der Waals surface area (Å²) in [6, 6.07) is 90.6. The molecule has 0 radical (unpaired) electrons. The predicted molar refractivity (Wildman–Crippen MR) is 288 cm³/mol. The van der Waals surface area contributed by atoms with E-state index in [1.165, 1.54) is 114 Å². The summed E-state index contributed by atoms with van der Waals surface area (Å²) in [7, 11) is 0. The SMILES string of the molecule is c1ccc(-n2c3cc(-c4ccc(N(c5ccc6c(c5)sc5ccccc56)c5cccc6c5-c5ccccc5C65c6ccccc6-c6ccccc65)cc4)ccc3c3ccc4ccccc4c32)cc1. The van der Waals surface area contributed by atoms with Gasteiger partial charge in [0, 0.05) is 59.0 Å². The van der Waals surface area contributed by atoms with E-state index in [1.54, 1.807) is 0 Å². The van der Waals surface area contributed by atoms with Crippen molar-refractivity contribution in [3.05, 3.63) is 265 Å². The number of nitrogens with zero attached hydrogens (tertiary/aromatic N) is 2. The van der Waals surface area contributed by atoms with E-state index in [9.17, 15) is 0 Å². The van der Waals surface area contributed by atoms with Crippen LogP contribution in [-0.4, -0.2) is 4.57 Å². The molecule has 2 nitrogen and oxygen atoms in total. The lowest BCUT2D eigenvalue weighted by Gasteiger charge is -2.32. The summed E-state index contributed by atoms with van der Waals surface area (Å²) >= 11 is 1.87. The molecule has 2 heterocycles. The van der Waals surface area contributed by atoms with Crippen molar-refractivity contribution in [2.24, 2.45) is 0 Å². The monoisotopic (exact) mass is 880 g/mol. The molecule has 2 aromatic heterocycles. The number of rotatable bonds is 5. The van der Waals surface area contributed by atoms with Crippen molar-refractivity contribution in [3.63, 3.8) is 0 Å². The molecule has 0 saturated heterocycles. The molecule has 15 rings (SSSR count). The van der Waals surface area contributed by atoms with Gasteiger partial charge in [0.15, 0.2) is 0 Å². The number of hydrogen-bond donors (Lipinski definition) is 0. The molecular weight excluding hydrogens is 841 g/mol. The number of para-hydroxylation sites is 1. The van der Waals surface area contributed by atoms with Crippen molar-refractivity contribution < 1.29 is 0 Å². The first kappa shape index (κ1) is 37.7. The number of benzene rings is 11. The van der Waals surface area contributed by atoms with Gasteiger partial charge in [0.25, 0.3) is 0 Å². The van der Waals surface area contributed by atoms with Crippen molar-refractivity contribution >= 4 is 81.1 Å².